The van der Waals surface area contributed by atoms with E-state index in [9.17, 15) is 4.79 Å². The number of hydrogen-bond donors (Lipinski definition) is 2. The SMILES string of the molecule is O=C(O)c1nnsc1Nc1ccc(Cl)cc1Cl. The molecule has 0 saturated carbocycles. The van der Waals surface area contributed by atoms with Gasteiger partial charge < -0.3 is 10.4 Å². The van der Waals surface area contributed by atoms with Gasteiger partial charge in [0.1, 0.15) is 5.00 Å². The first kappa shape index (κ1) is 12.1. The Morgan fingerprint density at radius 1 is 1.41 bits per heavy atom. The first-order valence-electron chi connectivity index (χ1n) is 4.35. The highest BCUT2D eigenvalue weighted by atomic mass is 35.5. The largest absolute Gasteiger partial charge is 0.476 e. The van der Waals surface area contributed by atoms with Gasteiger partial charge in [-0.3, -0.25) is 0 Å². The van der Waals surface area contributed by atoms with Gasteiger partial charge in [0, 0.05) is 16.6 Å². The van der Waals surface area contributed by atoms with Crippen molar-refractivity contribution in [3.8, 4) is 0 Å². The lowest BCUT2D eigenvalue weighted by atomic mass is 10.3. The van der Waals surface area contributed by atoms with Gasteiger partial charge in [-0.25, -0.2) is 4.79 Å². The number of rotatable bonds is 3. The van der Waals surface area contributed by atoms with Crippen molar-refractivity contribution in [2.45, 2.75) is 0 Å². The van der Waals surface area contributed by atoms with Crippen LogP contribution in [0.2, 0.25) is 10.0 Å². The minimum atomic E-state index is -1.15. The number of anilines is 2. The predicted octanol–water partition coefficient (Wildman–Crippen LogP) is 3.29. The number of halogens is 2. The molecular weight excluding hydrogens is 285 g/mol. The third-order valence-electron chi connectivity index (χ3n) is 1.87. The number of nitrogens with one attached hydrogen (secondary N) is 1. The van der Waals surface area contributed by atoms with Crippen LogP contribution in [0.5, 0.6) is 0 Å². The van der Waals surface area contributed by atoms with Gasteiger partial charge in [-0.2, -0.15) is 0 Å². The first-order valence-corrected chi connectivity index (χ1v) is 5.88. The average molecular weight is 290 g/mol. The van der Waals surface area contributed by atoms with Crippen LogP contribution in [0.15, 0.2) is 18.2 Å². The molecular formula is C9H5Cl2N3O2S. The summed E-state index contributed by atoms with van der Waals surface area (Å²) >= 11 is 12.6. The molecule has 2 rings (SSSR count). The molecule has 2 aromatic rings. The molecule has 17 heavy (non-hydrogen) atoms. The standard InChI is InChI=1S/C9H5Cl2N3O2S/c10-4-1-2-6(5(11)3-4)12-8-7(9(15)16)13-14-17-8/h1-3,12H,(H,15,16). The van der Waals surface area contributed by atoms with E-state index < -0.39 is 5.97 Å². The number of nitrogens with zero attached hydrogens (tertiary/aromatic N) is 2. The van der Waals surface area contributed by atoms with Crippen LogP contribution in [0.4, 0.5) is 10.7 Å². The Bertz CT molecular complexity index is 573. The van der Waals surface area contributed by atoms with Crippen molar-refractivity contribution in [3.63, 3.8) is 0 Å². The summed E-state index contributed by atoms with van der Waals surface area (Å²) in [5.41, 5.74) is 0.408. The second kappa shape index (κ2) is 4.87. The van der Waals surface area contributed by atoms with Crippen molar-refractivity contribution in [3.05, 3.63) is 33.9 Å². The van der Waals surface area contributed by atoms with Gasteiger partial charge in [0.05, 0.1) is 10.7 Å². The number of carboxylic acid groups (broad SMARTS) is 1. The molecule has 0 aliphatic rings. The Kier molecular flexibility index (Phi) is 3.46. The summed E-state index contributed by atoms with van der Waals surface area (Å²) in [6, 6.07) is 4.85. The van der Waals surface area contributed by atoms with E-state index in [1.165, 1.54) is 0 Å². The maximum atomic E-state index is 10.8. The van der Waals surface area contributed by atoms with E-state index in [4.69, 9.17) is 28.3 Å². The number of carbonyl (C=O) groups is 1. The zero-order valence-electron chi connectivity index (χ0n) is 8.15. The van der Waals surface area contributed by atoms with Crippen LogP contribution in [0.1, 0.15) is 10.5 Å². The van der Waals surface area contributed by atoms with Crippen molar-refractivity contribution in [1.29, 1.82) is 0 Å². The van der Waals surface area contributed by atoms with E-state index in [2.05, 4.69) is 14.9 Å². The Hall–Kier alpha value is -1.37. The zero-order chi connectivity index (χ0) is 12.4. The molecule has 0 atom stereocenters. The van der Waals surface area contributed by atoms with Crippen molar-refractivity contribution < 1.29 is 9.90 Å². The second-order valence-corrected chi connectivity index (χ2v) is 4.60. The topological polar surface area (TPSA) is 75.1 Å². The van der Waals surface area contributed by atoms with E-state index in [1.807, 2.05) is 0 Å². The number of aromatic nitrogens is 2. The third-order valence-corrected chi connectivity index (χ3v) is 3.06. The molecule has 0 unspecified atom stereocenters. The van der Waals surface area contributed by atoms with Crippen molar-refractivity contribution in [2.24, 2.45) is 0 Å². The minimum absolute atomic E-state index is 0.138. The lowest BCUT2D eigenvalue weighted by molar-refractivity contribution is 0.0691. The maximum absolute atomic E-state index is 10.8. The fourth-order valence-electron chi connectivity index (χ4n) is 1.13. The Morgan fingerprint density at radius 2 is 2.18 bits per heavy atom. The van der Waals surface area contributed by atoms with Crippen LogP contribution >= 0.6 is 34.7 Å². The molecule has 5 nitrogen and oxygen atoms in total. The van der Waals surface area contributed by atoms with E-state index >= 15 is 0 Å². The molecule has 0 radical (unpaired) electrons. The summed E-state index contributed by atoms with van der Waals surface area (Å²) in [6.45, 7) is 0. The monoisotopic (exact) mass is 289 g/mol. The summed E-state index contributed by atoms with van der Waals surface area (Å²) in [5, 5.41) is 16.4. The van der Waals surface area contributed by atoms with E-state index in [0.29, 0.717) is 20.7 Å². The van der Waals surface area contributed by atoms with Crippen LogP contribution in [-0.2, 0) is 0 Å². The van der Waals surface area contributed by atoms with Gasteiger partial charge in [0.25, 0.3) is 0 Å². The number of hydrogen-bond acceptors (Lipinski definition) is 5. The Morgan fingerprint density at radius 3 is 2.82 bits per heavy atom. The highest BCUT2D eigenvalue weighted by Crippen LogP contribution is 2.30. The van der Waals surface area contributed by atoms with Gasteiger partial charge in [0.2, 0.25) is 5.69 Å². The number of carboxylic acids is 1. The van der Waals surface area contributed by atoms with Crippen LogP contribution < -0.4 is 5.32 Å². The molecule has 8 heteroatoms. The van der Waals surface area contributed by atoms with E-state index in [0.717, 1.165) is 11.5 Å². The minimum Gasteiger partial charge on any atom is -0.476 e. The number of benzene rings is 1. The summed E-state index contributed by atoms with van der Waals surface area (Å²) in [4.78, 5) is 10.8. The van der Waals surface area contributed by atoms with Crippen LogP contribution in [0, 0.1) is 0 Å². The van der Waals surface area contributed by atoms with Crippen LogP contribution in [0.25, 0.3) is 0 Å². The van der Waals surface area contributed by atoms with Crippen molar-refractivity contribution in [1.82, 2.24) is 9.59 Å². The maximum Gasteiger partial charge on any atom is 0.359 e. The molecule has 0 fully saturated rings. The van der Waals surface area contributed by atoms with Gasteiger partial charge in [-0.15, -0.1) is 5.10 Å². The summed E-state index contributed by atoms with van der Waals surface area (Å²) in [7, 11) is 0. The second-order valence-electron chi connectivity index (χ2n) is 3.00. The van der Waals surface area contributed by atoms with E-state index in [-0.39, 0.29) is 5.69 Å². The highest BCUT2D eigenvalue weighted by Gasteiger charge is 2.16. The molecule has 0 saturated heterocycles. The summed E-state index contributed by atoms with van der Waals surface area (Å²) < 4.78 is 3.57. The lowest BCUT2D eigenvalue weighted by Gasteiger charge is -2.06. The molecule has 0 aliphatic heterocycles. The molecule has 1 heterocycles. The molecule has 0 bridgehead atoms. The van der Waals surface area contributed by atoms with Crippen LogP contribution in [-0.4, -0.2) is 20.7 Å². The van der Waals surface area contributed by atoms with Gasteiger partial charge in [-0.05, 0) is 18.2 Å². The third kappa shape index (κ3) is 2.66. The number of aromatic carboxylic acids is 1. The molecule has 1 aromatic carbocycles. The van der Waals surface area contributed by atoms with E-state index in [1.54, 1.807) is 18.2 Å². The average Bonchev–Trinajstić information content (AvgIpc) is 2.70. The molecule has 2 N–H and O–H groups in total. The fourth-order valence-corrected chi connectivity index (χ4v) is 2.16. The Balaban J connectivity index is 2.31. The van der Waals surface area contributed by atoms with Gasteiger partial charge in [-0.1, -0.05) is 27.7 Å². The predicted molar refractivity (Wildman–Crippen MR) is 66.6 cm³/mol. The highest BCUT2D eigenvalue weighted by molar-refractivity contribution is 7.10. The van der Waals surface area contributed by atoms with Gasteiger partial charge >= 0.3 is 5.97 Å². The molecule has 88 valence electrons. The summed E-state index contributed by atoms with van der Waals surface area (Å²) in [6.07, 6.45) is 0. The first-order chi connectivity index (χ1) is 8.08. The van der Waals surface area contributed by atoms with Crippen LogP contribution in [0.3, 0.4) is 0 Å². The molecule has 0 amide bonds. The summed E-state index contributed by atoms with van der Waals surface area (Å²) in [5.74, 6) is -1.15. The van der Waals surface area contributed by atoms with Crippen molar-refractivity contribution in [2.75, 3.05) is 5.32 Å². The fraction of sp³-hybridized carbons (Fsp3) is 0. The molecule has 0 aliphatic carbocycles. The smallest absolute Gasteiger partial charge is 0.359 e. The lowest BCUT2D eigenvalue weighted by Crippen LogP contribution is -2.01. The normalized spacial score (nSPS) is 10.2. The van der Waals surface area contributed by atoms with Crippen molar-refractivity contribution >= 4 is 51.4 Å². The van der Waals surface area contributed by atoms with Gasteiger partial charge in [0.15, 0.2) is 0 Å². The molecule has 0 spiro atoms. The Labute approximate surface area is 110 Å². The molecule has 1 aromatic heterocycles. The quantitative estimate of drug-likeness (QED) is 0.907. The zero-order valence-corrected chi connectivity index (χ0v) is 10.5.